The van der Waals surface area contributed by atoms with Gasteiger partial charge in [0, 0.05) is 4.47 Å². The van der Waals surface area contributed by atoms with Gasteiger partial charge in [0.1, 0.15) is 5.60 Å². The molecule has 1 rings (SSSR count). The molecule has 0 aliphatic carbocycles. The largest absolute Gasteiger partial charge is 0.444 e. The van der Waals surface area contributed by atoms with Crippen molar-refractivity contribution in [1.82, 2.24) is 0 Å². The third-order valence-electron chi connectivity index (χ3n) is 1.92. The highest BCUT2D eigenvalue weighted by Crippen LogP contribution is 2.24. The lowest BCUT2D eigenvalue weighted by atomic mass is 10.2. The molecular formula is C12H17BrN2O3. The van der Waals surface area contributed by atoms with E-state index in [1.165, 1.54) is 0 Å². The van der Waals surface area contributed by atoms with Crippen LogP contribution in [-0.2, 0) is 16.2 Å². The molecule has 6 heteroatoms. The molecule has 0 spiro atoms. The number of hydrogen-bond acceptors (Lipinski definition) is 4. The van der Waals surface area contributed by atoms with Gasteiger partial charge in [-0.15, -0.1) is 0 Å². The molecular weight excluding hydrogens is 300 g/mol. The van der Waals surface area contributed by atoms with Crippen LogP contribution in [0.2, 0.25) is 0 Å². The number of amides is 1. The van der Waals surface area contributed by atoms with Gasteiger partial charge in [0.25, 0.3) is 0 Å². The summed E-state index contributed by atoms with van der Waals surface area (Å²) in [5, 5.41) is 2.66. The fourth-order valence-corrected chi connectivity index (χ4v) is 1.61. The highest BCUT2D eigenvalue weighted by molar-refractivity contribution is 9.10. The van der Waals surface area contributed by atoms with Crippen LogP contribution in [0.3, 0.4) is 0 Å². The number of nitrogens with one attached hydrogen (secondary N) is 1. The van der Waals surface area contributed by atoms with Gasteiger partial charge >= 0.3 is 6.09 Å². The lowest BCUT2D eigenvalue weighted by molar-refractivity contribution is 0.0636. The molecule has 0 bridgehead atoms. The molecule has 0 heterocycles. The minimum atomic E-state index is -0.533. The maximum absolute atomic E-state index is 11.6. The Balaban J connectivity index is 2.77. The van der Waals surface area contributed by atoms with E-state index in [1.807, 2.05) is 6.07 Å². The Morgan fingerprint density at radius 3 is 2.67 bits per heavy atom. The van der Waals surface area contributed by atoms with E-state index < -0.39 is 11.7 Å². The molecule has 1 aromatic carbocycles. The third kappa shape index (κ3) is 5.03. The first kappa shape index (κ1) is 14.9. The molecule has 3 N–H and O–H groups in total. The van der Waals surface area contributed by atoms with Crippen molar-refractivity contribution in [2.75, 3.05) is 5.32 Å². The number of anilines is 1. The van der Waals surface area contributed by atoms with Crippen molar-refractivity contribution in [3.63, 3.8) is 0 Å². The molecule has 1 amide bonds. The van der Waals surface area contributed by atoms with Crippen LogP contribution in [-0.4, -0.2) is 11.7 Å². The Kier molecular flexibility index (Phi) is 5.13. The molecule has 0 saturated carbocycles. The molecule has 0 atom stereocenters. The number of carbonyl (C=O) groups excluding carboxylic acids is 1. The molecule has 0 radical (unpaired) electrons. The highest BCUT2D eigenvalue weighted by Gasteiger charge is 2.17. The van der Waals surface area contributed by atoms with Gasteiger partial charge in [-0.3, -0.25) is 10.2 Å². The van der Waals surface area contributed by atoms with Crippen LogP contribution in [0.15, 0.2) is 22.7 Å². The van der Waals surface area contributed by atoms with E-state index >= 15 is 0 Å². The Morgan fingerprint density at radius 2 is 2.11 bits per heavy atom. The SMILES string of the molecule is CC(C)(C)OC(=O)Nc1cc(CON)ccc1Br. The number of rotatable bonds is 3. The average molecular weight is 317 g/mol. The topological polar surface area (TPSA) is 73.6 Å². The Hall–Kier alpha value is -1.11. The lowest BCUT2D eigenvalue weighted by Gasteiger charge is -2.20. The number of benzene rings is 1. The van der Waals surface area contributed by atoms with E-state index in [9.17, 15) is 4.79 Å². The maximum atomic E-state index is 11.6. The Morgan fingerprint density at radius 1 is 1.44 bits per heavy atom. The number of nitrogens with two attached hydrogens (primary N) is 1. The van der Waals surface area contributed by atoms with Crippen LogP contribution in [0, 0.1) is 0 Å². The average Bonchev–Trinajstić information content (AvgIpc) is 2.20. The second-order valence-corrected chi connectivity index (χ2v) is 5.61. The van der Waals surface area contributed by atoms with E-state index in [-0.39, 0.29) is 6.61 Å². The van der Waals surface area contributed by atoms with Crippen molar-refractivity contribution in [3.05, 3.63) is 28.2 Å². The smallest absolute Gasteiger partial charge is 0.412 e. The van der Waals surface area contributed by atoms with Crippen LogP contribution in [0.1, 0.15) is 26.3 Å². The summed E-state index contributed by atoms with van der Waals surface area (Å²) in [6.45, 7) is 5.69. The summed E-state index contributed by atoms with van der Waals surface area (Å²) in [5.74, 6) is 5.01. The molecule has 0 aliphatic rings. The van der Waals surface area contributed by atoms with Crippen LogP contribution in [0.4, 0.5) is 10.5 Å². The fraction of sp³-hybridized carbons (Fsp3) is 0.417. The minimum absolute atomic E-state index is 0.274. The van der Waals surface area contributed by atoms with Crippen molar-refractivity contribution in [3.8, 4) is 0 Å². The highest BCUT2D eigenvalue weighted by atomic mass is 79.9. The quantitative estimate of drug-likeness (QED) is 0.840. The first-order chi connectivity index (χ1) is 8.31. The summed E-state index contributed by atoms with van der Waals surface area (Å²) in [6, 6.07) is 5.42. The van der Waals surface area contributed by atoms with E-state index in [1.54, 1.807) is 32.9 Å². The number of halogens is 1. The Labute approximate surface area is 115 Å². The zero-order valence-electron chi connectivity index (χ0n) is 10.6. The van der Waals surface area contributed by atoms with Crippen molar-refractivity contribution in [2.24, 2.45) is 5.90 Å². The van der Waals surface area contributed by atoms with Gasteiger partial charge in [-0.1, -0.05) is 6.07 Å². The third-order valence-corrected chi connectivity index (χ3v) is 2.61. The van der Waals surface area contributed by atoms with E-state index in [4.69, 9.17) is 10.6 Å². The van der Waals surface area contributed by atoms with Gasteiger partial charge in [0.05, 0.1) is 12.3 Å². The second kappa shape index (κ2) is 6.17. The second-order valence-electron chi connectivity index (χ2n) is 4.75. The summed E-state index contributed by atoms with van der Waals surface area (Å²) in [7, 11) is 0. The fourth-order valence-electron chi connectivity index (χ4n) is 1.27. The monoisotopic (exact) mass is 316 g/mol. The minimum Gasteiger partial charge on any atom is -0.444 e. The van der Waals surface area contributed by atoms with Gasteiger partial charge in [0.15, 0.2) is 0 Å². The number of hydrogen-bond donors (Lipinski definition) is 2. The van der Waals surface area contributed by atoms with Crippen molar-refractivity contribution in [2.45, 2.75) is 33.0 Å². The molecule has 0 unspecified atom stereocenters. The molecule has 0 aromatic heterocycles. The van der Waals surface area contributed by atoms with Crippen molar-refractivity contribution >= 4 is 27.7 Å². The molecule has 100 valence electrons. The van der Waals surface area contributed by atoms with E-state index in [0.29, 0.717) is 5.69 Å². The molecule has 0 aliphatic heterocycles. The summed E-state index contributed by atoms with van der Waals surface area (Å²) >= 11 is 3.35. The number of carbonyl (C=O) groups is 1. The van der Waals surface area contributed by atoms with Gasteiger partial charge < -0.3 is 4.74 Å². The van der Waals surface area contributed by atoms with E-state index in [0.717, 1.165) is 10.0 Å². The first-order valence-corrected chi connectivity index (χ1v) is 6.21. The number of ether oxygens (including phenoxy) is 1. The Bertz CT molecular complexity index is 430. The zero-order valence-corrected chi connectivity index (χ0v) is 12.2. The van der Waals surface area contributed by atoms with Gasteiger partial charge in [-0.25, -0.2) is 10.7 Å². The van der Waals surface area contributed by atoms with Crippen molar-refractivity contribution < 1.29 is 14.4 Å². The van der Waals surface area contributed by atoms with Gasteiger partial charge in [-0.05, 0) is 54.4 Å². The standard InChI is InChI=1S/C12H17BrN2O3/c1-12(2,3)18-11(16)15-10-6-8(7-17-14)4-5-9(10)13/h4-6H,7,14H2,1-3H3,(H,15,16). The predicted octanol–water partition coefficient (Wildman–Crippen LogP) is 3.19. The van der Waals surface area contributed by atoms with Crippen LogP contribution < -0.4 is 11.2 Å². The molecule has 0 fully saturated rings. The van der Waals surface area contributed by atoms with Crippen LogP contribution >= 0.6 is 15.9 Å². The van der Waals surface area contributed by atoms with E-state index in [2.05, 4.69) is 26.1 Å². The van der Waals surface area contributed by atoms with Crippen molar-refractivity contribution in [1.29, 1.82) is 0 Å². The molecule has 18 heavy (non-hydrogen) atoms. The first-order valence-electron chi connectivity index (χ1n) is 5.42. The zero-order chi connectivity index (χ0) is 13.8. The van der Waals surface area contributed by atoms with Gasteiger partial charge in [-0.2, -0.15) is 0 Å². The summed E-state index contributed by atoms with van der Waals surface area (Å²) in [5.41, 5.74) is 0.930. The summed E-state index contributed by atoms with van der Waals surface area (Å²) in [6.07, 6.45) is -0.506. The van der Waals surface area contributed by atoms with Gasteiger partial charge in [0.2, 0.25) is 0 Å². The predicted molar refractivity (Wildman–Crippen MR) is 73.0 cm³/mol. The molecule has 0 saturated heterocycles. The van der Waals surface area contributed by atoms with Crippen LogP contribution in [0.5, 0.6) is 0 Å². The summed E-state index contributed by atoms with van der Waals surface area (Å²) in [4.78, 5) is 16.2. The lowest BCUT2D eigenvalue weighted by Crippen LogP contribution is -2.27. The maximum Gasteiger partial charge on any atom is 0.412 e. The van der Waals surface area contributed by atoms with Crippen LogP contribution in [0.25, 0.3) is 0 Å². The molecule has 5 nitrogen and oxygen atoms in total. The normalized spacial score (nSPS) is 11.2. The summed E-state index contributed by atoms with van der Waals surface area (Å²) < 4.78 is 5.93. The molecule has 1 aromatic rings.